The third-order valence-electron chi connectivity index (χ3n) is 7.28. The molecule has 2 aliphatic rings. The van der Waals surface area contributed by atoms with Gasteiger partial charge in [-0.25, -0.2) is 13.2 Å². The lowest BCUT2D eigenvalue weighted by molar-refractivity contribution is -0.0500. The maximum Gasteiger partial charge on any atom is 0.534 e. The molecule has 2 aliphatic heterocycles. The number of fused-ring (bicyclic) bond motifs is 1. The van der Waals surface area contributed by atoms with Crippen LogP contribution in [0.1, 0.15) is 29.2 Å². The number of nitrogens with one attached hydrogen (secondary N) is 1. The fourth-order valence-electron chi connectivity index (χ4n) is 5.34. The Balaban J connectivity index is 1.48. The second-order valence-corrected chi connectivity index (χ2v) is 11.7. The van der Waals surface area contributed by atoms with Gasteiger partial charge in [-0.1, -0.05) is 6.07 Å². The van der Waals surface area contributed by atoms with Crippen molar-refractivity contribution in [1.82, 2.24) is 4.90 Å². The molecule has 5 rings (SSSR count). The third kappa shape index (κ3) is 6.14. The van der Waals surface area contributed by atoms with Crippen molar-refractivity contribution in [2.45, 2.75) is 30.4 Å². The van der Waals surface area contributed by atoms with Crippen molar-refractivity contribution in [3.63, 3.8) is 0 Å². The summed E-state index contributed by atoms with van der Waals surface area (Å²) in [5.41, 5.74) is -4.70. The maximum absolute atomic E-state index is 15.7. The molecular weight excluding hydrogens is 591 g/mol. The van der Waals surface area contributed by atoms with Crippen LogP contribution in [0.2, 0.25) is 0 Å². The number of hydrogen-bond donors (Lipinski definition) is 1. The molecule has 0 aromatic heterocycles. The highest BCUT2D eigenvalue weighted by Gasteiger charge is 2.48. The highest BCUT2D eigenvalue weighted by molar-refractivity contribution is 7.88. The summed E-state index contributed by atoms with van der Waals surface area (Å²) < 4.78 is 123. The highest BCUT2D eigenvalue weighted by Crippen LogP contribution is 2.42. The van der Waals surface area contributed by atoms with E-state index in [0.717, 1.165) is 24.3 Å². The Morgan fingerprint density at radius 2 is 1.62 bits per heavy atom. The Morgan fingerprint density at radius 3 is 2.24 bits per heavy atom. The number of alkyl halides is 4. The normalized spacial score (nSPS) is 18.0. The SMILES string of the molecule is O=S(=O)(Oc1ccc2c(c1)CCN(c1ccc(F)cc1)C2c1c(F)cc(NC2CN(CCCF)C2)cc1F)C(F)(F)F. The van der Waals surface area contributed by atoms with Gasteiger partial charge in [0, 0.05) is 37.6 Å². The fraction of sp³-hybridized carbons (Fsp3) is 0.357. The van der Waals surface area contributed by atoms with E-state index in [1.54, 1.807) is 4.90 Å². The third-order valence-corrected chi connectivity index (χ3v) is 8.26. The van der Waals surface area contributed by atoms with Crippen molar-refractivity contribution in [2.75, 3.05) is 43.1 Å². The van der Waals surface area contributed by atoms with Gasteiger partial charge in [0.2, 0.25) is 0 Å². The molecule has 3 aromatic rings. The molecule has 0 saturated carbocycles. The largest absolute Gasteiger partial charge is 0.534 e. The average Bonchev–Trinajstić information content (AvgIpc) is 2.89. The molecule has 226 valence electrons. The van der Waals surface area contributed by atoms with Crippen molar-refractivity contribution in [1.29, 1.82) is 0 Å². The van der Waals surface area contributed by atoms with Gasteiger partial charge < -0.3 is 14.4 Å². The number of hydrogen-bond acceptors (Lipinski definition) is 6. The summed E-state index contributed by atoms with van der Waals surface area (Å²) in [6.45, 7) is 1.47. The van der Waals surface area contributed by atoms with Crippen molar-refractivity contribution in [2.24, 2.45) is 0 Å². The Morgan fingerprint density at radius 1 is 0.952 bits per heavy atom. The average molecular weight is 618 g/mol. The van der Waals surface area contributed by atoms with E-state index < -0.39 is 51.5 Å². The summed E-state index contributed by atoms with van der Waals surface area (Å²) in [5, 5.41) is 3.07. The molecule has 0 amide bonds. The van der Waals surface area contributed by atoms with E-state index in [1.165, 1.54) is 30.3 Å². The molecule has 1 saturated heterocycles. The Hall–Kier alpha value is -3.52. The molecule has 6 nitrogen and oxygen atoms in total. The van der Waals surface area contributed by atoms with E-state index in [4.69, 9.17) is 0 Å². The summed E-state index contributed by atoms with van der Waals surface area (Å²) >= 11 is 0. The van der Waals surface area contributed by atoms with Crippen LogP contribution < -0.4 is 14.4 Å². The molecule has 1 atom stereocenters. The van der Waals surface area contributed by atoms with E-state index in [9.17, 15) is 30.4 Å². The molecule has 14 heteroatoms. The molecule has 2 heterocycles. The zero-order valence-electron chi connectivity index (χ0n) is 22.0. The zero-order chi connectivity index (χ0) is 30.2. The zero-order valence-corrected chi connectivity index (χ0v) is 22.8. The molecule has 42 heavy (non-hydrogen) atoms. The molecule has 0 radical (unpaired) electrons. The molecular formula is C28H26F7N3O3S. The van der Waals surface area contributed by atoms with E-state index in [1.807, 2.05) is 4.90 Å². The number of anilines is 2. The van der Waals surface area contributed by atoms with Crippen LogP contribution in [0.5, 0.6) is 5.75 Å². The van der Waals surface area contributed by atoms with Crippen molar-refractivity contribution in [3.05, 3.63) is 88.7 Å². The van der Waals surface area contributed by atoms with E-state index in [0.29, 0.717) is 42.9 Å². The van der Waals surface area contributed by atoms with Crippen LogP contribution in [-0.2, 0) is 16.5 Å². The van der Waals surface area contributed by atoms with Gasteiger partial charge in [-0.2, -0.15) is 21.6 Å². The van der Waals surface area contributed by atoms with Gasteiger partial charge in [-0.3, -0.25) is 9.29 Å². The van der Waals surface area contributed by atoms with Gasteiger partial charge >= 0.3 is 15.6 Å². The van der Waals surface area contributed by atoms with Gasteiger partial charge in [0.25, 0.3) is 0 Å². The lowest BCUT2D eigenvalue weighted by atomic mass is 9.87. The van der Waals surface area contributed by atoms with Crippen molar-refractivity contribution in [3.8, 4) is 5.75 Å². The summed E-state index contributed by atoms with van der Waals surface area (Å²) in [7, 11) is -5.93. The van der Waals surface area contributed by atoms with E-state index in [2.05, 4.69) is 9.50 Å². The van der Waals surface area contributed by atoms with Crippen LogP contribution in [0.15, 0.2) is 54.6 Å². The second-order valence-electron chi connectivity index (χ2n) is 10.2. The lowest BCUT2D eigenvalue weighted by Gasteiger charge is -2.41. The van der Waals surface area contributed by atoms with Crippen LogP contribution >= 0.6 is 0 Å². The Labute approximate surface area is 237 Å². The molecule has 0 bridgehead atoms. The van der Waals surface area contributed by atoms with Crippen molar-refractivity contribution < 1.29 is 43.3 Å². The van der Waals surface area contributed by atoms with Crippen LogP contribution in [0, 0.1) is 17.5 Å². The molecule has 1 N–H and O–H groups in total. The van der Waals surface area contributed by atoms with Gasteiger partial charge in [-0.15, -0.1) is 0 Å². The van der Waals surface area contributed by atoms with Crippen LogP contribution in [0.4, 0.5) is 42.1 Å². The minimum atomic E-state index is -5.93. The first-order valence-corrected chi connectivity index (χ1v) is 14.5. The van der Waals surface area contributed by atoms with Crippen LogP contribution in [-0.4, -0.2) is 57.7 Å². The molecule has 1 unspecified atom stereocenters. The monoisotopic (exact) mass is 617 g/mol. The summed E-state index contributed by atoms with van der Waals surface area (Å²) in [6, 6.07) is 9.71. The van der Waals surface area contributed by atoms with Crippen molar-refractivity contribution >= 4 is 21.5 Å². The number of halogens is 7. The summed E-state index contributed by atoms with van der Waals surface area (Å²) in [4.78, 5) is 3.65. The lowest BCUT2D eigenvalue weighted by Crippen LogP contribution is -2.54. The number of benzene rings is 3. The van der Waals surface area contributed by atoms with Crippen LogP contribution in [0.3, 0.4) is 0 Å². The van der Waals surface area contributed by atoms with Gasteiger partial charge in [-0.05, 0) is 72.5 Å². The van der Waals surface area contributed by atoms with E-state index in [-0.39, 0.29) is 30.3 Å². The Kier molecular flexibility index (Phi) is 8.30. The first-order valence-electron chi connectivity index (χ1n) is 13.1. The summed E-state index contributed by atoms with van der Waals surface area (Å²) in [5.74, 6) is -2.90. The Bertz CT molecular complexity index is 1520. The quantitative estimate of drug-likeness (QED) is 0.182. The topological polar surface area (TPSA) is 61.9 Å². The maximum atomic E-state index is 15.7. The molecule has 1 fully saturated rings. The number of nitrogens with zero attached hydrogens (tertiary/aromatic N) is 2. The first kappa shape index (κ1) is 30.0. The van der Waals surface area contributed by atoms with E-state index >= 15 is 8.78 Å². The smallest absolute Gasteiger partial charge is 0.380 e. The molecule has 0 spiro atoms. The standard InChI is InChI=1S/C28H26F7N3O3S/c29-9-1-10-37-15-20(16-37)36-19-13-24(31)26(25(32)14-19)27-23-7-6-22(41-42(39,40)28(33,34)35)12-17(23)8-11-38(27)21-4-2-18(30)3-5-21/h2-7,12-14,20,27,36H,1,8-11,15-16H2. The number of likely N-dealkylation sites (tertiary alicyclic amines) is 1. The highest BCUT2D eigenvalue weighted by atomic mass is 32.2. The van der Waals surface area contributed by atoms with Gasteiger partial charge in [0.05, 0.1) is 24.3 Å². The fourth-order valence-corrected chi connectivity index (χ4v) is 5.79. The first-order chi connectivity index (χ1) is 19.9. The predicted molar refractivity (Wildman–Crippen MR) is 142 cm³/mol. The molecule has 0 aliphatic carbocycles. The van der Waals surface area contributed by atoms with Gasteiger partial charge in [0.15, 0.2) is 0 Å². The number of rotatable bonds is 9. The molecule has 3 aromatic carbocycles. The minimum Gasteiger partial charge on any atom is -0.380 e. The van der Waals surface area contributed by atoms with Gasteiger partial charge in [0.1, 0.15) is 23.2 Å². The second kappa shape index (κ2) is 11.6. The minimum absolute atomic E-state index is 0.0771. The van der Waals surface area contributed by atoms with Crippen LogP contribution in [0.25, 0.3) is 0 Å². The predicted octanol–water partition coefficient (Wildman–Crippen LogP) is 5.94. The summed E-state index contributed by atoms with van der Waals surface area (Å²) in [6.07, 6.45) is 0.569.